The fourth-order valence-corrected chi connectivity index (χ4v) is 2.20. The summed E-state index contributed by atoms with van der Waals surface area (Å²) in [6, 6.07) is 1.43. The zero-order valence-corrected chi connectivity index (χ0v) is 11.3. The maximum Gasteiger partial charge on any atom is 0.253 e. The Kier molecular flexibility index (Phi) is 5.74. The Morgan fingerprint density at radius 3 is 2.94 bits per heavy atom. The topological polar surface area (TPSA) is 62.2 Å². The average molecular weight is 275 g/mol. The van der Waals surface area contributed by atoms with Crippen LogP contribution in [0.5, 0.6) is 0 Å². The number of hydrogen-bond acceptors (Lipinski definition) is 4. The Morgan fingerprint density at radius 1 is 1.71 bits per heavy atom. The summed E-state index contributed by atoms with van der Waals surface area (Å²) in [4.78, 5) is 15.7. The lowest BCUT2D eigenvalue weighted by Gasteiger charge is -2.21. The quantitative estimate of drug-likeness (QED) is 0.856. The van der Waals surface area contributed by atoms with Crippen molar-refractivity contribution in [3.05, 3.63) is 29.0 Å². The first-order valence-electron chi connectivity index (χ1n) is 5.14. The van der Waals surface area contributed by atoms with Crippen molar-refractivity contribution in [2.45, 2.75) is 18.2 Å². The van der Waals surface area contributed by atoms with E-state index in [4.69, 9.17) is 16.7 Å². The number of nitrogens with zero attached hydrogens (tertiary/aromatic N) is 1. The molecule has 1 aromatic heterocycles. The molecule has 0 aliphatic heterocycles. The number of rotatable bonds is 5. The molecule has 0 fully saturated rings. The number of pyridine rings is 1. The molecule has 0 saturated carbocycles. The van der Waals surface area contributed by atoms with Gasteiger partial charge in [0.25, 0.3) is 5.91 Å². The standard InChI is InChI=1S/C11H15ClN2O2S/c1-7(10(6-15)17-2)14-11(16)8-3-4-13-5-9(8)12/h3-5,7,10,15H,6H2,1-2H3,(H,14,16)/t7-,10-/m1/s1. The molecule has 1 aromatic rings. The van der Waals surface area contributed by atoms with Gasteiger partial charge in [0.2, 0.25) is 0 Å². The van der Waals surface area contributed by atoms with E-state index >= 15 is 0 Å². The maximum absolute atomic E-state index is 11.9. The number of carbonyl (C=O) groups excluding carboxylic acids is 1. The zero-order valence-electron chi connectivity index (χ0n) is 9.68. The van der Waals surface area contributed by atoms with Gasteiger partial charge in [0, 0.05) is 23.7 Å². The molecule has 4 nitrogen and oxygen atoms in total. The summed E-state index contributed by atoms with van der Waals surface area (Å²) in [5.41, 5.74) is 0.395. The van der Waals surface area contributed by atoms with Crippen LogP contribution in [-0.2, 0) is 0 Å². The second kappa shape index (κ2) is 6.83. The highest BCUT2D eigenvalue weighted by Gasteiger charge is 2.19. The number of carbonyl (C=O) groups is 1. The van der Waals surface area contributed by atoms with Gasteiger partial charge in [-0.05, 0) is 19.2 Å². The first kappa shape index (κ1) is 14.3. The van der Waals surface area contributed by atoms with Gasteiger partial charge in [0.1, 0.15) is 0 Å². The molecule has 0 aliphatic rings. The van der Waals surface area contributed by atoms with Crippen molar-refractivity contribution in [2.75, 3.05) is 12.9 Å². The van der Waals surface area contributed by atoms with E-state index in [1.807, 2.05) is 13.2 Å². The van der Waals surface area contributed by atoms with E-state index in [0.717, 1.165) is 0 Å². The number of aromatic nitrogens is 1. The summed E-state index contributed by atoms with van der Waals surface area (Å²) in [7, 11) is 0. The molecule has 17 heavy (non-hydrogen) atoms. The Balaban J connectivity index is 2.70. The highest BCUT2D eigenvalue weighted by molar-refractivity contribution is 7.99. The van der Waals surface area contributed by atoms with Crippen LogP contribution in [0, 0.1) is 0 Å². The van der Waals surface area contributed by atoms with Crippen molar-refractivity contribution in [3.8, 4) is 0 Å². The van der Waals surface area contributed by atoms with E-state index in [0.29, 0.717) is 10.6 Å². The highest BCUT2D eigenvalue weighted by atomic mass is 35.5. The summed E-state index contributed by atoms with van der Waals surface area (Å²) in [6.45, 7) is 1.87. The van der Waals surface area contributed by atoms with Crippen molar-refractivity contribution < 1.29 is 9.90 Å². The average Bonchev–Trinajstić information content (AvgIpc) is 2.31. The molecule has 0 saturated heterocycles. The van der Waals surface area contributed by atoms with Crippen LogP contribution in [0.15, 0.2) is 18.5 Å². The number of thioether (sulfide) groups is 1. The number of amides is 1. The summed E-state index contributed by atoms with van der Waals surface area (Å²) in [6.07, 6.45) is 4.84. The predicted octanol–water partition coefficient (Wildman–Crippen LogP) is 1.58. The molecule has 0 aromatic carbocycles. The number of hydrogen-bond donors (Lipinski definition) is 2. The van der Waals surface area contributed by atoms with Gasteiger partial charge >= 0.3 is 0 Å². The Bertz CT molecular complexity index is 385. The van der Waals surface area contributed by atoms with E-state index < -0.39 is 0 Å². The molecule has 94 valence electrons. The molecule has 0 bridgehead atoms. The Morgan fingerprint density at radius 2 is 2.41 bits per heavy atom. The van der Waals surface area contributed by atoms with Crippen LogP contribution in [0.3, 0.4) is 0 Å². The molecular weight excluding hydrogens is 260 g/mol. The SMILES string of the molecule is CS[C@H](CO)[C@@H](C)NC(=O)c1ccncc1Cl. The molecule has 0 unspecified atom stereocenters. The van der Waals surface area contributed by atoms with E-state index in [9.17, 15) is 4.79 Å². The lowest BCUT2D eigenvalue weighted by atomic mass is 10.2. The minimum Gasteiger partial charge on any atom is -0.395 e. The van der Waals surface area contributed by atoms with Gasteiger partial charge in [-0.1, -0.05) is 11.6 Å². The minimum absolute atomic E-state index is 0.0205. The van der Waals surface area contributed by atoms with Crippen LogP contribution in [0.4, 0.5) is 0 Å². The molecular formula is C11H15ClN2O2S. The van der Waals surface area contributed by atoms with Gasteiger partial charge in [0.05, 0.1) is 17.2 Å². The zero-order chi connectivity index (χ0) is 12.8. The van der Waals surface area contributed by atoms with Gasteiger partial charge in [-0.3, -0.25) is 9.78 Å². The van der Waals surface area contributed by atoms with E-state index in [1.165, 1.54) is 24.2 Å². The van der Waals surface area contributed by atoms with Gasteiger partial charge in [-0.15, -0.1) is 0 Å². The first-order valence-corrected chi connectivity index (χ1v) is 6.80. The molecule has 1 heterocycles. The Labute approximate surface area is 110 Å². The molecule has 6 heteroatoms. The summed E-state index contributed by atoms with van der Waals surface area (Å²) in [5, 5.41) is 12.2. The number of aliphatic hydroxyl groups is 1. The summed E-state index contributed by atoms with van der Waals surface area (Å²) >= 11 is 7.38. The fourth-order valence-electron chi connectivity index (χ4n) is 1.37. The van der Waals surface area contributed by atoms with Crippen molar-refractivity contribution in [1.82, 2.24) is 10.3 Å². The van der Waals surface area contributed by atoms with Crippen molar-refractivity contribution >= 4 is 29.3 Å². The van der Waals surface area contributed by atoms with E-state index in [2.05, 4.69) is 10.3 Å². The molecule has 0 spiro atoms. The van der Waals surface area contributed by atoms with Gasteiger partial charge in [-0.25, -0.2) is 0 Å². The first-order chi connectivity index (χ1) is 8.10. The van der Waals surface area contributed by atoms with Gasteiger partial charge in [-0.2, -0.15) is 11.8 Å². The van der Waals surface area contributed by atoms with E-state index in [-0.39, 0.29) is 23.8 Å². The van der Waals surface area contributed by atoms with Crippen LogP contribution < -0.4 is 5.32 Å². The van der Waals surface area contributed by atoms with Gasteiger partial charge < -0.3 is 10.4 Å². The maximum atomic E-state index is 11.9. The molecule has 0 aliphatic carbocycles. The third-order valence-electron chi connectivity index (χ3n) is 2.42. The molecule has 2 atom stereocenters. The van der Waals surface area contributed by atoms with Crippen molar-refractivity contribution in [3.63, 3.8) is 0 Å². The van der Waals surface area contributed by atoms with Crippen LogP contribution in [0.25, 0.3) is 0 Å². The minimum atomic E-state index is -0.252. The number of aliphatic hydroxyl groups excluding tert-OH is 1. The molecule has 1 rings (SSSR count). The van der Waals surface area contributed by atoms with Crippen LogP contribution in [0.1, 0.15) is 17.3 Å². The number of nitrogens with one attached hydrogen (secondary N) is 1. The largest absolute Gasteiger partial charge is 0.395 e. The third-order valence-corrected chi connectivity index (χ3v) is 3.88. The second-order valence-electron chi connectivity index (χ2n) is 3.57. The van der Waals surface area contributed by atoms with Crippen LogP contribution in [0.2, 0.25) is 5.02 Å². The number of halogens is 1. The second-order valence-corrected chi connectivity index (χ2v) is 5.06. The fraction of sp³-hybridized carbons (Fsp3) is 0.455. The summed E-state index contributed by atoms with van der Waals surface area (Å²) in [5.74, 6) is -0.252. The molecule has 2 N–H and O–H groups in total. The van der Waals surface area contributed by atoms with Crippen molar-refractivity contribution in [1.29, 1.82) is 0 Å². The van der Waals surface area contributed by atoms with Crippen molar-refractivity contribution in [2.24, 2.45) is 0 Å². The van der Waals surface area contributed by atoms with Crippen LogP contribution in [-0.4, -0.2) is 40.2 Å². The smallest absolute Gasteiger partial charge is 0.253 e. The lowest BCUT2D eigenvalue weighted by molar-refractivity contribution is 0.0936. The monoisotopic (exact) mass is 274 g/mol. The lowest BCUT2D eigenvalue weighted by Crippen LogP contribution is -2.41. The van der Waals surface area contributed by atoms with E-state index in [1.54, 1.807) is 6.07 Å². The van der Waals surface area contributed by atoms with Gasteiger partial charge in [0.15, 0.2) is 0 Å². The predicted molar refractivity (Wildman–Crippen MR) is 70.6 cm³/mol. The summed E-state index contributed by atoms with van der Waals surface area (Å²) < 4.78 is 0. The third kappa shape index (κ3) is 3.87. The normalized spacial score (nSPS) is 14.1. The Hall–Kier alpha value is -0.780. The van der Waals surface area contributed by atoms with Crippen LogP contribution >= 0.6 is 23.4 Å². The highest BCUT2D eigenvalue weighted by Crippen LogP contribution is 2.15. The molecule has 0 radical (unpaired) electrons. The molecule has 1 amide bonds.